The second-order valence-corrected chi connectivity index (χ2v) is 5.16. The molecule has 12 heteroatoms. The van der Waals surface area contributed by atoms with Gasteiger partial charge >= 0.3 is 35.8 Å². The lowest BCUT2D eigenvalue weighted by molar-refractivity contribution is -0.165. The van der Waals surface area contributed by atoms with Gasteiger partial charge in [0.1, 0.15) is 12.1 Å². The lowest BCUT2D eigenvalue weighted by Gasteiger charge is -2.07. The maximum Gasteiger partial charge on any atom is 0.320 e. The van der Waals surface area contributed by atoms with E-state index >= 15 is 0 Å². The molecule has 146 valence electrons. The first-order valence-electron chi connectivity index (χ1n) is 7.46. The van der Waals surface area contributed by atoms with Crippen LogP contribution in [0.2, 0.25) is 0 Å². The number of carboxylic acid groups (broad SMARTS) is 2. The van der Waals surface area contributed by atoms with Crippen molar-refractivity contribution in [2.75, 3.05) is 0 Å². The zero-order valence-corrected chi connectivity index (χ0v) is 13.7. The summed E-state index contributed by atoms with van der Waals surface area (Å²) in [6.45, 7) is 0. The van der Waals surface area contributed by atoms with Crippen LogP contribution in [0, 0.1) is 0 Å². The number of hydrogen-bond donors (Lipinski definition) is 4. The van der Waals surface area contributed by atoms with Gasteiger partial charge in [-0.15, -0.1) is 0 Å². The Balaban J connectivity index is 4.02. The van der Waals surface area contributed by atoms with Crippen molar-refractivity contribution >= 4 is 35.8 Å². The van der Waals surface area contributed by atoms with Crippen molar-refractivity contribution < 1.29 is 48.5 Å². The summed E-state index contributed by atoms with van der Waals surface area (Å²) in [6, 6.07) is -2.54. The van der Waals surface area contributed by atoms with Crippen molar-refractivity contribution in [1.82, 2.24) is 0 Å². The molecule has 0 aliphatic carbocycles. The van der Waals surface area contributed by atoms with E-state index in [9.17, 15) is 28.8 Å². The Morgan fingerprint density at radius 3 is 1.15 bits per heavy atom. The zero-order chi connectivity index (χ0) is 20.3. The molecule has 0 amide bonds. The van der Waals surface area contributed by atoms with Crippen LogP contribution in [-0.2, 0) is 38.2 Å². The van der Waals surface area contributed by atoms with E-state index in [1.165, 1.54) is 0 Å². The summed E-state index contributed by atoms with van der Waals surface area (Å²) in [5.74, 6) is -6.73. The molecule has 0 heterocycles. The molecule has 12 nitrogen and oxygen atoms in total. The number of rotatable bonds is 11. The maximum absolute atomic E-state index is 11.3. The van der Waals surface area contributed by atoms with Crippen molar-refractivity contribution in [2.24, 2.45) is 11.5 Å². The number of aliphatic carboxylic acids is 2. The SMILES string of the molecule is N[C@H](CCC(=O)OC(=O)CCC(=O)OC(=O)CC[C@@H](N)C(=O)O)C(=O)O. The van der Waals surface area contributed by atoms with Crippen LogP contribution in [-0.4, -0.2) is 58.1 Å². The molecule has 0 spiro atoms. The van der Waals surface area contributed by atoms with Crippen LogP contribution in [0.5, 0.6) is 0 Å². The van der Waals surface area contributed by atoms with E-state index < -0.39 is 73.6 Å². The average Bonchev–Trinajstić information content (AvgIpc) is 2.55. The fraction of sp³-hybridized carbons (Fsp3) is 0.571. The van der Waals surface area contributed by atoms with Crippen molar-refractivity contribution in [2.45, 2.75) is 50.6 Å². The largest absolute Gasteiger partial charge is 0.480 e. The Hall–Kier alpha value is -2.86. The molecular formula is C14H20N2O10. The third kappa shape index (κ3) is 10.8. The van der Waals surface area contributed by atoms with Crippen LogP contribution in [0.4, 0.5) is 0 Å². The van der Waals surface area contributed by atoms with Crippen molar-refractivity contribution in [3.63, 3.8) is 0 Å². The third-order valence-corrected chi connectivity index (χ3v) is 2.94. The molecule has 0 aliphatic rings. The molecule has 0 radical (unpaired) electrons. The van der Waals surface area contributed by atoms with Crippen LogP contribution in [0.25, 0.3) is 0 Å². The predicted molar refractivity (Wildman–Crippen MR) is 81.1 cm³/mol. The molecule has 0 aromatic carbocycles. The average molecular weight is 376 g/mol. The Morgan fingerprint density at radius 2 is 0.885 bits per heavy atom. The minimum Gasteiger partial charge on any atom is -0.480 e. The molecule has 0 aromatic heterocycles. The third-order valence-electron chi connectivity index (χ3n) is 2.94. The predicted octanol–water partition coefficient (Wildman–Crippen LogP) is -1.71. The van der Waals surface area contributed by atoms with Gasteiger partial charge in [-0.3, -0.25) is 28.8 Å². The molecule has 0 fully saturated rings. The molecule has 0 aromatic rings. The van der Waals surface area contributed by atoms with E-state index in [0.29, 0.717) is 0 Å². The lowest BCUT2D eigenvalue weighted by Crippen LogP contribution is -2.31. The van der Waals surface area contributed by atoms with Gasteiger partial charge in [0.05, 0.1) is 12.8 Å². The molecule has 0 bridgehead atoms. The highest BCUT2D eigenvalue weighted by Crippen LogP contribution is 2.03. The molecule has 0 unspecified atom stereocenters. The van der Waals surface area contributed by atoms with Crippen molar-refractivity contribution in [3.05, 3.63) is 0 Å². The van der Waals surface area contributed by atoms with E-state index in [0.717, 1.165) is 0 Å². The van der Waals surface area contributed by atoms with E-state index in [4.69, 9.17) is 21.7 Å². The van der Waals surface area contributed by atoms with Gasteiger partial charge < -0.3 is 31.2 Å². The van der Waals surface area contributed by atoms with Gasteiger partial charge in [-0.2, -0.15) is 0 Å². The monoisotopic (exact) mass is 376 g/mol. The highest BCUT2D eigenvalue weighted by molar-refractivity contribution is 5.90. The first-order chi connectivity index (χ1) is 12.0. The summed E-state index contributed by atoms with van der Waals surface area (Å²) in [6.07, 6.45) is -2.33. The number of nitrogens with two attached hydrogens (primary N) is 2. The lowest BCUT2D eigenvalue weighted by atomic mass is 10.2. The Bertz CT molecular complexity index is 524. The van der Waals surface area contributed by atoms with Crippen LogP contribution >= 0.6 is 0 Å². The van der Waals surface area contributed by atoms with E-state index in [-0.39, 0.29) is 12.8 Å². The topological polar surface area (TPSA) is 213 Å². The normalized spacial score (nSPS) is 12.5. The second-order valence-electron chi connectivity index (χ2n) is 5.16. The van der Waals surface area contributed by atoms with Crippen LogP contribution < -0.4 is 11.5 Å². The maximum atomic E-state index is 11.3. The van der Waals surface area contributed by atoms with Gasteiger partial charge in [-0.25, -0.2) is 0 Å². The Kier molecular flexibility index (Phi) is 10.4. The highest BCUT2D eigenvalue weighted by Gasteiger charge is 2.19. The number of carbonyl (C=O) groups is 6. The molecular weight excluding hydrogens is 356 g/mol. The number of hydrogen-bond acceptors (Lipinski definition) is 10. The minimum absolute atomic E-state index is 0.226. The van der Waals surface area contributed by atoms with Gasteiger partial charge in [0.15, 0.2) is 0 Å². The summed E-state index contributed by atoms with van der Waals surface area (Å²) >= 11 is 0. The van der Waals surface area contributed by atoms with Crippen LogP contribution in [0.3, 0.4) is 0 Å². The van der Waals surface area contributed by atoms with Gasteiger partial charge in [-0.1, -0.05) is 0 Å². The van der Waals surface area contributed by atoms with Gasteiger partial charge in [0, 0.05) is 12.8 Å². The smallest absolute Gasteiger partial charge is 0.320 e. The summed E-state index contributed by atoms with van der Waals surface area (Å²) in [7, 11) is 0. The summed E-state index contributed by atoms with van der Waals surface area (Å²) < 4.78 is 8.68. The van der Waals surface area contributed by atoms with Crippen LogP contribution in [0.1, 0.15) is 38.5 Å². The van der Waals surface area contributed by atoms with Crippen molar-refractivity contribution in [1.29, 1.82) is 0 Å². The molecule has 6 N–H and O–H groups in total. The fourth-order valence-electron chi connectivity index (χ4n) is 1.46. The van der Waals surface area contributed by atoms with E-state index in [1.807, 2.05) is 0 Å². The van der Waals surface area contributed by atoms with E-state index in [2.05, 4.69) is 9.47 Å². The zero-order valence-electron chi connectivity index (χ0n) is 13.7. The van der Waals surface area contributed by atoms with Gasteiger partial charge in [0.2, 0.25) is 0 Å². The number of carbonyl (C=O) groups excluding carboxylic acids is 4. The summed E-state index contributed by atoms with van der Waals surface area (Å²) in [4.78, 5) is 66.2. The first-order valence-corrected chi connectivity index (χ1v) is 7.46. The first kappa shape index (κ1) is 23.1. The number of carboxylic acids is 2. The van der Waals surface area contributed by atoms with Gasteiger partial charge in [-0.05, 0) is 12.8 Å². The molecule has 0 saturated carbocycles. The molecule has 0 aliphatic heterocycles. The molecule has 2 atom stereocenters. The standard InChI is InChI=1S/C14H20N2O10/c15-7(13(21)22)1-3-9(17)25-11(19)5-6-12(20)26-10(18)4-2-8(16)14(23)24/h7-8H,1-6,15-16H2,(H,21,22)(H,23,24)/t7-,8-/m1/s1. The molecule has 0 saturated heterocycles. The summed E-state index contributed by atoms with van der Waals surface area (Å²) in [5.41, 5.74) is 10.3. The molecule has 0 rings (SSSR count). The fourth-order valence-corrected chi connectivity index (χ4v) is 1.46. The summed E-state index contributed by atoms with van der Waals surface area (Å²) in [5, 5.41) is 17.1. The minimum atomic E-state index is -1.30. The second kappa shape index (κ2) is 11.7. The van der Waals surface area contributed by atoms with E-state index in [1.54, 1.807) is 0 Å². The Morgan fingerprint density at radius 1 is 0.615 bits per heavy atom. The quantitative estimate of drug-likeness (QED) is 0.234. The Labute approximate surface area is 147 Å². The highest BCUT2D eigenvalue weighted by atomic mass is 16.6. The van der Waals surface area contributed by atoms with Gasteiger partial charge in [0.25, 0.3) is 0 Å². The van der Waals surface area contributed by atoms with Crippen LogP contribution in [0.15, 0.2) is 0 Å². The molecule has 26 heavy (non-hydrogen) atoms. The number of esters is 4. The van der Waals surface area contributed by atoms with Crippen molar-refractivity contribution in [3.8, 4) is 0 Å². The number of ether oxygens (including phenoxy) is 2.